The molecule has 3 rings (SSSR count). The van der Waals surface area contributed by atoms with E-state index in [9.17, 15) is 4.79 Å². The lowest BCUT2D eigenvalue weighted by molar-refractivity contribution is 0.102. The third-order valence-electron chi connectivity index (χ3n) is 4.38. The smallest absolute Gasteiger partial charge is 0.260 e. The zero-order valence-corrected chi connectivity index (χ0v) is 18.4. The first-order chi connectivity index (χ1) is 14.6. The molecule has 0 radical (unpaired) electrons. The summed E-state index contributed by atoms with van der Waals surface area (Å²) >= 11 is 3.40. The summed E-state index contributed by atoms with van der Waals surface area (Å²) in [5, 5.41) is 11.1. The largest absolute Gasteiger partial charge is 0.489 e. The van der Waals surface area contributed by atoms with Crippen LogP contribution in [0.15, 0.2) is 59.9 Å². The molecule has 0 unspecified atom stereocenters. The summed E-state index contributed by atoms with van der Waals surface area (Å²) in [7, 11) is 0. The molecule has 0 atom stereocenters. The number of aromatic nitrogens is 4. The Morgan fingerprint density at radius 2 is 2.17 bits per heavy atom. The predicted octanol–water partition coefficient (Wildman–Crippen LogP) is 5.11. The maximum Gasteiger partial charge on any atom is 0.260 e. The fourth-order valence-corrected chi connectivity index (χ4v) is 3.28. The van der Waals surface area contributed by atoms with E-state index in [0.29, 0.717) is 35.3 Å². The van der Waals surface area contributed by atoms with E-state index in [2.05, 4.69) is 49.9 Å². The number of nitrogens with zero attached hydrogens (tertiary/aromatic N) is 4. The Hall–Kier alpha value is -3.00. The van der Waals surface area contributed by atoms with Crippen molar-refractivity contribution < 1.29 is 9.53 Å². The van der Waals surface area contributed by atoms with Gasteiger partial charge in [-0.1, -0.05) is 54.4 Å². The van der Waals surface area contributed by atoms with Gasteiger partial charge in [-0.05, 0) is 36.8 Å². The Labute approximate surface area is 184 Å². The van der Waals surface area contributed by atoms with Gasteiger partial charge in [0.05, 0.1) is 5.56 Å². The van der Waals surface area contributed by atoms with Gasteiger partial charge in [-0.15, -0.1) is 10.2 Å². The molecule has 8 heteroatoms. The molecular formula is C22H24BrN5O2. The fourth-order valence-electron chi connectivity index (χ4n) is 2.92. The zero-order valence-electron chi connectivity index (χ0n) is 16.8. The average Bonchev–Trinajstić information content (AvgIpc) is 3.22. The molecule has 2 heterocycles. The molecule has 156 valence electrons. The minimum atomic E-state index is -0.315. The van der Waals surface area contributed by atoms with E-state index in [4.69, 9.17) is 4.74 Å². The van der Waals surface area contributed by atoms with Gasteiger partial charge in [-0.25, -0.2) is 4.98 Å². The first kappa shape index (κ1) is 21.7. The van der Waals surface area contributed by atoms with Gasteiger partial charge in [-0.2, -0.15) is 0 Å². The van der Waals surface area contributed by atoms with Crippen LogP contribution in [0.2, 0.25) is 0 Å². The number of pyridine rings is 1. The average molecular weight is 470 g/mol. The summed E-state index contributed by atoms with van der Waals surface area (Å²) in [5.41, 5.74) is 1.06. The highest BCUT2D eigenvalue weighted by Crippen LogP contribution is 2.25. The molecule has 30 heavy (non-hydrogen) atoms. The lowest BCUT2D eigenvalue weighted by atomic mass is 10.2. The Morgan fingerprint density at radius 1 is 1.30 bits per heavy atom. The Morgan fingerprint density at radius 3 is 2.97 bits per heavy atom. The number of aryl methyl sites for hydroxylation is 1. The Kier molecular flexibility index (Phi) is 7.73. The van der Waals surface area contributed by atoms with Crippen LogP contribution >= 0.6 is 15.9 Å². The summed E-state index contributed by atoms with van der Waals surface area (Å²) in [6.45, 7) is 6.95. The lowest BCUT2D eigenvalue weighted by Gasteiger charge is -2.12. The second-order valence-electron chi connectivity index (χ2n) is 6.66. The lowest BCUT2D eigenvalue weighted by Crippen LogP contribution is -2.15. The number of anilines is 1. The van der Waals surface area contributed by atoms with Crippen LogP contribution in [-0.4, -0.2) is 32.3 Å². The van der Waals surface area contributed by atoms with Gasteiger partial charge < -0.3 is 14.6 Å². The second-order valence-corrected chi connectivity index (χ2v) is 7.57. The van der Waals surface area contributed by atoms with Crippen molar-refractivity contribution in [3.63, 3.8) is 0 Å². The van der Waals surface area contributed by atoms with E-state index in [0.717, 1.165) is 30.3 Å². The van der Waals surface area contributed by atoms with Crippen molar-refractivity contribution >= 4 is 27.7 Å². The zero-order chi connectivity index (χ0) is 21.3. The SMILES string of the molecule is C=CCOc1ccc(Br)cc1C(=O)Nc1cccc(-c2nncn2CCCCC)n1. The van der Waals surface area contributed by atoms with Crippen LogP contribution in [0, 0.1) is 0 Å². The van der Waals surface area contributed by atoms with Gasteiger partial charge in [-0.3, -0.25) is 4.79 Å². The van der Waals surface area contributed by atoms with Crippen molar-refractivity contribution in [3.8, 4) is 17.3 Å². The number of amides is 1. The fraction of sp³-hybridized carbons (Fsp3) is 0.273. The van der Waals surface area contributed by atoms with E-state index >= 15 is 0 Å². The monoisotopic (exact) mass is 469 g/mol. The second kappa shape index (κ2) is 10.7. The molecule has 0 saturated heterocycles. The van der Waals surface area contributed by atoms with Crippen LogP contribution in [0.3, 0.4) is 0 Å². The predicted molar refractivity (Wildman–Crippen MR) is 121 cm³/mol. The molecule has 7 nitrogen and oxygen atoms in total. The molecule has 2 aromatic heterocycles. The van der Waals surface area contributed by atoms with Gasteiger partial charge >= 0.3 is 0 Å². The normalized spacial score (nSPS) is 10.6. The van der Waals surface area contributed by atoms with Gasteiger partial charge in [0, 0.05) is 11.0 Å². The molecule has 0 bridgehead atoms. The summed E-state index contributed by atoms with van der Waals surface area (Å²) in [6, 6.07) is 10.7. The number of nitrogens with one attached hydrogen (secondary N) is 1. The van der Waals surface area contributed by atoms with Crippen molar-refractivity contribution in [2.75, 3.05) is 11.9 Å². The standard InChI is InChI=1S/C22H24BrN5O2/c1-3-5-6-12-28-15-24-27-21(28)18-8-7-9-20(25-18)26-22(29)17-14-16(23)10-11-19(17)30-13-4-2/h4,7-11,14-15H,2-3,5-6,12-13H2,1H3,(H,25,26,29). The third-order valence-corrected chi connectivity index (χ3v) is 4.87. The maximum atomic E-state index is 12.9. The molecule has 1 aromatic carbocycles. The number of hydrogen-bond donors (Lipinski definition) is 1. The quantitative estimate of drug-likeness (QED) is 0.329. The summed E-state index contributed by atoms with van der Waals surface area (Å²) in [5.74, 6) is 1.27. The molecule has 3 aromatic rings. The third kappa shape index (κ3) is 5.54. The van der Waals surface area contributed by atoms with E-state index in [-0.39, 0.29) is 5.91 Å². The molecule has 0 spiro atoms. The number of ether oxygens (including phenoxy) is 1. The number of rotatable bonds is 10. The Bertz CT molecular complexity index is 1020. The first-order valence-corrected chi connectivity index (χ1v) is 10.6. The summed E-state index contributed by atoms with van der Waals surface area (Å²) in [4.78, 5) is 17.4. The van der Waals surface area contributed by atoms with Crippen LogP contribution in [0.25, 0.3) is 11.5 Å². The van der Waals surface area contributed by atoms with Crippen molar-refractivity contribution in [1.82, 2.24) is 19.7 Å². The summed E-state index contributed by atoms with van der Waals surface area (Å²) < 4.78 is 8.37. The molecule has 0 aliphatic heterocycles. The molecule has 0 aliphatic rings. The van der Waals surface area contributed by atoms with Crippen LogP contribution in [-0.2, 0) is 6.54 Å². The van der Waals surface area contributed by atoms with Crippen LogP contribution < -0.4 is 10.1 Å². The number of carbonyl (C=O) groups excluding carboxylic acids is 1. The highest BCUT2D eigenvalue weighted by atomic mass is 79.9. The number of halogens is 1. The molecule has 1 N–H and O–H groups in total. The van der Waals surface area contributed by atoms with Crippen LogP contribution in [0.5, 0.6) is 5.75 Å². The van der Waals surface area contributed by atoms with Gasteiger partial charge in [0.1, 0.15) is 30.2 Å². The van der Waals surface area contributed by atoms with Crippen molar-refractivity contribution in [3.05, 3.63) is 65.4 Å². The first-order valence-electron chi connectivity index (χ1n) is 9.82. The highest BCUT2D eigenvalue weighted by Gasteiger charge is 2.15. The van der Waals surface area contributed by atoms with E-state index < -0.39 is 0 Å². The number of benzene rings is 1. The number of carbonyl (C=O) groups is 1. The number of unbranched alkanes of at least 4 members (excludes halogenated alkanes) is 2. The van der Waals surface area contributed by atoms with E-state index in [1.54, 1.807) is 30.6 Å². The summed E-state index contributed by atoms with van der Waals surface area (Å²) in [6.07, 6.45) is 6.68. The van der Waals surface area contributed by atoms with Gasteiger partial charge in [0.15, 0.2) is 5.82 Å². The molecule has 0 fully saturated rings. The minimum absolute atomic E-state index is 0.309. The van der Waals surface area contributed by atoms with Crippen molar-refractivity contribution in [1.29, 1.82) is 0 Å². The van der Waals surface area contributed by atoms with Crippen molar-refractivity contribution in [2.45, 2.75) is 32.7 Å². The Balaban J connectivity index is 1.80. The van der Waals surface area contributed by atoms with Crippen molar-refractivity contribution in [2.24, 2.45) is 0 Å². The minimum Gasteiger partial charge on any atom is -0.489 e. The highest BCUT2D eigenvalue weighted by molar-refractivity contribution is 9.10. The van der Waals surface area contributed by atoms with Gasteiger partial charge in [0.25, 0.3) is 5.91 Å². The molecular weight excluding hydrogens is 446 g/mol. The molecule has 0 aliphatic carbocycles. The van der Waals surface area contributed by atoms with E-state index in [1.807, 2.05) is 22.8 Å². The van der Waals surface area contributed by atoms with E-state index in [1.165, 1.54) is 0 Å². The maximum absolute atomic E-state index is 12.9. The molecule has 1 amide bonds. The van der Waals surface area contributed by atoms with Crippen LogP contribution in [0.4, 0.5) is 5.82 Å². The topological polar surface area (TPSA) is 81.9 Å². The molecule has 0 saturated carbocycles. The van der Waals surface area contributed by atoms with Gasteiger partial charge in [0.2, 0.25) is 0 Å². The van der Waals surface area contributed by atoms with Crippen LogP contribution in [0.1, 0.15) is 36.5 Å². The number of hydrogen-bond acceptors (Lipinski definition) is 5.